The summed E-state index contributed by atoms with van der Waals surface area (Å²) in [5.74, 6) is 0.157. The van der Waals surface area contributed by atoms with E-state index >= 15 is 0 Å². The van der Waals surface area contributed by atoms with Crippen LogP contribution in [0.15, 0.2) is 36.4 Å². The highest BCUT2D eigenvalue weighted by Gasteiger charge is 2.26. The van der Waals surface area contributed by atoms with E-state index in [1.54, 1.807) is 0 Å². The lowest BCUT2D eigenvalue weighted by Crippen LogP contribution is -2.47. The smallest absolute Gasteiger partial charge is 0.319 e. The molecule has 2 fully saturated rings. The average molecular weight is 532 g/mol. The number of nitrogens with zero attached hydrogens (tertiary/aromatic N) is 2. The Morgan fingerprint density at radius 2 is 1.64 bits per heavy atom. The van der Waals surface area contributed by atoms with Crippen LogP contribution in [-0.2, 0) is 0 Å². The molecule has 4 rings (SSSR count). The van der Waals surface area contributed by atoms with Gasteiger partial charge in [-0.2, -0.15) is 0 Å². The minimum atomic E-state index is -0.188. The molecule has 7 heteroatoms. The minimum absolute atomic E-state index is 0.157. The molecule has 2 aliphatic heterocycles. The molecule has 1 atom stereocenters. The normalized spacial score (nSPS) is 18.7. The number of carbonyl (C=O) groups excluding carboxylic acids is 1. The third kappa shape index (κ3) is 7.85. The van der Waals surface area contributed by atoms with Crippen LogP contribution in [0.5, 0.6) is 0 Å². The molecule has 0 saturated carbocycles. The fourth-order valence-electron chi connectivity index (χ4n) is 5.72. The maximum Gasteiger partial charge on any atom is 0.319 e. The maximum atomic E-state index is 12.7. The van der Waals surface area contributed by atoms with Crippen molar-refractivity contribution in [3.05, 3.63) is 63.1 Å². The summed E-state index contributed by atoms with van der Waals surface area (Å²) in [6.45, 7) is 10.5. The number of likely N-dealkylation sites (tertiary alicyclic amines) is 2. The lowest BCUT2D eigenvalue weighted by Gasteiger charge is -2.40. The van der Waals surface area contributed by atoms with Crippen molar-refractivity contribution < 1.29 is 4.79 Å². The first-order valence-electron chi connectivity index (χ1n) is 13.4. The number of benzene rings is 2. The molecule has 0 aromatic heterocycles. The summed E-state index contributed by atoms with van der Waals surface area (Å²) in [7, 11) is 0. The molecule has 2 saturated heterocycles. The summed E-state index contributed by atoms with van der Waals surface area (Å²) >= 11 is 12.5. The zero-order chi connectivity index (χ0) is 25.5. The van der Waals surface area contributed by atoms with Crippen molar-refractivity contribution >= 4 is 34.9 Å². The van der Waals surface area contributed by atoms with E-state index in [-0.39, 0.29) is 11.9 Å². The van der Waals surface area contributed by atoms with Gasteiger partial charge in [-0.3, -0.25) is 0 Å². The molecule has 2 amide bonds. The molecule has 2 aromatic rings. The van der Waals surface area contributed by atoms with Crippen molar-refractivity contribution in [2.24, 2.45) is 0 Å². The molecule has 0 radical (unpaired) electrons. The van der Waals surface area contributed by atoms with Gasteiger partial charge in [0.25, 0.3) is 0 Å². The van der Waals surface area contributed by atoms with E-state index in [1.807, 2.05) is 44.2 Å². The molecule has 2 aromatic carbocycles. The largest absolute Gasteiger partial charge is 0.337 e. The van der Waals surface area contributed by atoms with Crippen molar-refractivity contribution in [3.8, 4) is 0 Å². The van der Waals surface area contributed by atoms with Gasteiger partial charge in [0.15, 0.2) is 0 Å². The summed E-state index contributed by atoms with van der Waals surface area (Å²) in [6, 6.07) is 12.5. The Kier molecular flexibility index (Phi) is 9.95. The topological polar surface area (TPSA) is 47.6 Å². The molecule has 2 aliphatic rings. The van der Waals surface area contributed by atoms with E-state index in [0.717, 1.165) is 54.5 Å². The van der Waals surface area contributed by atoms with Crippen LogP contribution >= 0.6 is 23.2 Å². The Morgan fingerprint density at radius 1 is 0.944 bits per heavy atom. The number of halogens is 2. The fraction of sp³-hybridized carbons (Fsp3) is 0.552. The lowest BCUT2D eigenvalue weighted by molar-refractivity contribution is 0.0912. The molecule has 5 nitrogen and oxygen atoms in total. The summed E-state index contributed by atoms with van der Waals surface area (Å²) in [6.07, 6.45) is 7.57. The standard InChI is InChI=1S/C29H40Cl2N4O/c1-21-16-22(2)18-25(17-21)33-29(36)32-20-24(23-6-7-27(30)28(31)19-23)8-13-34-14-9-26(10-15-34)35-11-4-3-5-12-35/h6-7,16-19,24,26H,3-5,8-15,20H2,1-2H3,(H2,32,33,36). The van der Waals surface area contributed by atoms with Crippen LogP contribution < -0.4 is 10.6 Å². The number of nitrogens with one attached hydrogen (secondary N) is 2. The van der Waals surface area contributed by atoms with Crippen LogP contribution in [0.1, 0.15) is 61.1 Å². The van der Waals surface area contributed by atoms with E-state index in [4.69, 9.17) is 23.2 Å². The second kappa shape index (κ2) is 13.1. The number of rotatable bonds is 8. The van der Waals surface area contributed by atoms with Crippen molar-refractivity contribution in [1.82, 2.24) is 15.1 Å². The van der Waals surface area contributed by atoms with Gasteiger partial charge >= 0.3 is 6.03 Å². The fourth-order valence-corrected chi connectivity index (χ4v) is 6.03. The second-order valence-electron chi connectivity index (χ2n) is 10.5. The summed E-state index contributed by atoms with van der Waals surface area (Å²) in [5, 5.41) is 7.18. The Bertz CT molecular complexity index is 996. The summed E-state index contributed by atoms with van der Waals surface area (Å²) in [4.78, 5) is 18.0. The third-order valence-corrected chi connectivity index (χ3v) is 8.40. The molecule has 0 spiro atoms. The Labute approximate surface area is 226 Å². The Balaban J connectivity index is 1.32. The number of piperidine rings is 2. The van der Waals surface area contributed by atoms with Gasteiger partial charge < -0.3 is 20.4 Å². The number of anilines is 1. The molecule has 36 heavy (non-hydrogen) atoms. The van der Waals surface area contributed by atoms with E-state index in [1.165, 1.54) is 45.2 Å². The minimum Gasteiger partial charge on any atom is -0.337 e. The first kappa shape index (κ1) is 27.3. The average Bonchev–Trinajstić information content (AvgIpc) is 2.86. The lowest BCUT2D eigenvalue weighted by atomic mass is 9.94. The van der Waals surface area contributed by atoms with Crippen LogP contribution in [0, 0.1) is 13.8 Å². The monoisotopic (exact) mass is 530 g/mol. The number of carbonyl (C=O) groups is 1. The molecule has 2 N–H and O–H groups in total. The first-order valence-corrected chi connectivity index (χ1v) is 14.2. The van der Waals surface area contributed by atoms with Gasteiger partial charge in [0.05, 0.1) is 10.0 Å². The van der Waals surface area contributed by atoms with Crippen LogP contribution in [0.4, 0.5) is 10.5 Å². The van der Waals surface area contributed by atoms with Crippen LogP contribution in [0.25, 0.3) is 0 Å². The van der Waals surface area contributed by atoms with Crippen molar-refractivity contribution in [2.45, 2.75) is 64.3 Å². The second-order valence-corrected chi connectivity index (χ2v) is 11.4. The van der Waals surface area contributed by atoms with Crippen molar-refractivity contribution in [3.63, 3.8) is 0 Å². The van der Waals surface area contributed by atoms with Gasteiger partial charge in [0.2, 0.25) is 0 Å². The van der Waals surface area contributed by atoms with Gasteiger partial charge in [-0.15, -0.1) is 0 Å². The highest BCUT2D eigenvalue weighted by molar-refractivity contribution is 6.42. The van der Waals surface area contributed by atoms with Crippen LogP contribution in [-0.4, -0.2) is 61.1 Å². The van der Waals surface area contributed by atoms with Gasteiger partial charge in [-0.25, -0.2) is 4.79 Å². The molecule has 1 unspecified atom stereocenters. The molecule has 0 aliphatic carbocycles. The van der Waals surface area contributed by atoms with Crippen LogP contribution in [0.2, 0.25) is 10.0 Å². The van der Waals surface area contributed by atoms with Gasteiger partial charge in [0, 0.05) is 24.2 Å². The van der Waals surface area contributed by atoms with E-state index in [2.05, 4.69) is 26.5 Å². The van der Waals surface area contributed by atoms with E-state index in [9.17, 15) is 4.79 Å². The Hall–Kier alpha value is -1.79. The van der Waals surface area contributed by atoms with E-state index in [0.29, 0.717) is 16.6 Å². The van der Waals surface area contributed by atoms with Crippen LogP contribution in [0.3, 0.4) is 0 Å². The number of urea groups is 1. The first-order chi connectivity index (χ1) is 17.4. The van der Waals surface area contributed by atoms with Gasteiger partial charge in [-0.05, 0) is 120 Å². The zero-order valence-corrected chi connectivity index (χ0v) is 23.2. The molecule has 0 bridgehead atoms. The van der Waals surface area contributed by atoms with Gasteiger partial charge in [-0.1, -0.05) is 41.8 Å². The quantitative estimate of drug-likeness (QED) is 0.392. The summed E-state index contributed by atoms with van der Waals surface area (Å²) < 4.78 is 0. The third-order valence-electron chi connectivity index (χ3n) is 7.66. The molecule has 196 valence electrons. The van der Waals surface area contributed by atoms with Crippen molar-refractivity contribution in [2.75, 3.05) is 44.6 Å². The highest BCUT2D eigenvalue weighted by atomic mass is 35.5. The molecular formula is C29H40Cl2N4O. The number of amides is 2. The summed E-state index contributed by atoms with van der Waals surface area (Å²) in [5.41, 5.74) is 4.18. The van der Waals surface area contributed by atoms with Crippen molar-refractivity contribution in [1.29, 1.82) is 0 Å². The number of hydrogen-bond donors (Lipinski definition) is 2. The van der Waals surface area contributed by atoms with E-state index < -0.39 is 0 Å². The maximum absolute atomic E-state index is 12.7. The SMILES string of the molecule is Cc1cc(C)cc(NC(=O)NCC(CCN2CCC(N3CCCCC3)CC2)c2ccc(Cl)c(Cl)c2)c1. The Morgan fingerprint density at radius 3 is 2.31 bits per heavy atom. The highest BCUT2D eigenvalue weighted by Crippen LogP contribution is 2.29. The van der Waals surface area contributed by atoms with Gasteiger partial charge in [0.1, 0.15) is 0 Å². The number of hydrogen-bond acceptors (Lipinski definition) is 3. The predicted octanol–water partition coefficient (Wildman–Crippen LogP) is 6.86. The number of aryl methyl sites for hydroxylation is 2. The molecule has 2 heterocycles. The molecular weight excluding hydrogens is 491 g/mol. The zero-order valence-electron chi connectivity index (χ0n) is 21.7. The predicted molar refractivity (Wildman–Crippen MR) is 152 cm³/mol.